The lowest BCUT2D eigenvalue weighted by Crippen LogP contribution is -2.50. The van der Waals surface area contributed by atoms with Gasteiger partial charge in [0.25, 0.3) is 5.56 Å². The second kappa shape index (κ2) is 13.2. The molecule has 3 aliphatic heterocycles. The molecule has 46 heavy (non-hydrogen) atoms. The number of carbonyl (C=O) groups excluding carboxylic acids is 3. The van der Waals surface area contributed by atoms with Gasteiger partial charge in [-0.05, 0) is 44.9 Å². The van der Waals surface area contributed by atoms with Crippen molar-refractivity contribution in [3.05, 3.63) is 63.1 Å². The van der Waals surface area contributed by atoms with Crippen molar-refractivity contribution in [2.45, 2.75) is 81.9 Å². The number of alkyl halides is 1. The maximum atomic E-state index is 14.5. The topological polar surface area (TPSA) is 160 Å². The highest BCUT2D eigenvalue weighted by Gasteiger charge is 2.53. The van der Waals surface area contributed by atoms with Crippen molar-refractivity contribution < 1.29 is 46.1 Å². The Kier molecular flexibility index (Phi) is 9.68. The first kappa shape index (κ1) is 33.7. The van der Waals surface area contributed by atoms with Crippen LogP contribution >= 0.6 is 0 Å². The van der Waals surface area contributed by atoms with Crippen LogP contribution in [0.25, 0.3) is 0 Å². The van der Waals surface area contributed by atoms with Crippen molar-refractivity contribution in [1.29, 1.82) is 0 Å². The van der Waals surface area contributed by atoms with E-state index >= 15 is 0 Å². The smallest absolute Gasteiger partial charge is 0.355 e. The lowest BCUT2D eigenvalue weighted by atomic mass is 9.86. The second-order valence-electron chi connectivity index (χ2n) is 11.5. The molecule has 15 heteroatoms. The molecule has 0 radical (unpaired) electrons. The standard InChI is InChI=1S/C31H38FN3O10S/c1-4-42-29(39)30(11-13-32,45-28(38)25-6-5-14-35(25)46(40,41)22-9-7-20(2)8-10-22)24-18-26-31(43-16-17-44-31)12-15-34(26)27(37)23(24)19-33-21(3)36/h7-10,18,25H,4-6,11-17,19H2,1-3H3,(H,33,36)/t25-,30+/m1/s1. The number of rotatable bonds is 11. The number of nitrogens with one attached hydrogen (secondary N) is 1. The van der Waals surface area contributed by atoms with Crippen LogP contribution in [0.1, 0.15) is 61.9 Å². The van der Waals surface area contributed by atoms with Crippen LogP contribution in [0.4, 0.5) is 4.39 Å². The predicted molar refractivity (Wildman–Crippen MR) is 160 cm³/mol. The number of halogens is 1. The number of benzene rings is 1. The SMILES string of the molecule is CCOC(=O)[C@@](CCF)(OC(=O)[C@H]1CCCN1S(=O)(=O)c1ccc(C)cc1)c1cc2n(c(=O)c1CNC(C)=O)CCC21OCCO1. The fourth-order valence-electron chi connectivity index (χ4n) is 6.33. The summed E-state index contributed by atoms with van der Waals surface area (Å²) in [6.07, 6.45) is -0.0748. The molecule has 1 N–H and O–H groups in total. The summed E-state index contributed by atoms with van der Waals surface area (Å²) in [6, 6.07) is 6.21. The summed E-state index contributed by atoms with van der Waals surface area (Å²) in [4.78, 5) is 53.9. The summed E-state index contributed by atoms with van der Waals surface area (Å²) >= 11 is 0. The van der Waals surface area contributed by atoms with Crippen molar-refractivity contribution in [2.24, 2.45) is 0 Å². The van der Waals surface area contributed by atoms with E-state index in [-0.39, 0.29) is 74.0 Å². The lowest BCUT2D eigenvalue weighted by Gasteiger charge is -2.35. The van der Waals surface area contributed by atoms with E-state index in [1.807, 2.05) is 6.92 Å². The first-order chi connectivity index (χ1) is 21.9. The highest BCUT2D eigenvalue weighted by molar-refractivity contribution is 7.89. The molecule has 0 saturated carbocycles. The van der Waals surface area contributed by atoms with Gasteiger partial charge in [-0.1, -0.05) is 17.7 Å². The molecule has 2 atom stereocenters. The van der Waals surface area contributed by atoms with Crippen LogP contribution in [0, 0.1) is 6.92 Å². The van der Waals surface area contributed by atoms with Crippen molar-refractivity contribution in [3.63, 3.8) is 0 Å². The van der Waals surface area contributed by atoms with Crippen molar-refractivity contribution in [1.82, 2.24) is 14.2 Å². The van der Waals surface area contributed by atoms with Gasteiger partial charge in [0.1, 0.15) is 6.04 Å². The third-order valence-electron chi connectivity index (χ3n) is 8.59. The number of aromatic nitrogens is 1. The Balaban J connectivity index is 1.64. The summed E-state index contributed by atoms with van der Waals surface area (Å²) in [5.74, 6) is -4.06. The molecule has 1 spiro atoms. The summed E-state index contributed by atoms with van der Waals surface area (Å²) in [7, 11) is -4.16. The van der Waals surface area contributed by atoms with Gasteiger partial charge in [-0.3, -0.25) is 18.8 Å². The van der Waals surface area contributed by atoms with Gasteiger partial charge in [-0.2, -0.15) is 4.31 Å². The van der Waals surface area contributed by atoms with Gasteiger partial charge in [0.05, 0.1) is 37.1 Å². The number of carbonyl (C=O) groups is 3. The van der Waals surface area contributed by atoms with E-state index in [4.69, 9.17) is 18.9 Å². The van der Waals surface area contributed by atoms with Gasteiger partial charge in [0, 0.05) is 50.5 Å². The minimum Gasteiger partial charge on any atom is -0.463 e. The Bertz CT molecular complexity index is 1670. The van der Waals surface area contributed by atoms with E-state index in [9.17, 15) is 32.0 Å². The van der Waals surface area contributed by atoms with E-state index < -0.39 is 64.0 Å². The maximum Gasteiger partial charge on any atom is 0.355 e. The molecule has 0 unspecified atom stereocenters. The third-order valence-corrected chi connectivity index (χ3v) is 10.5. The van der Waals surface area contributed by atoms with E-state index in [1.54, 1.807) is 12.1 Å². The molecule has 0 aliphatic carbocycles. The molecule has 2 aromatic rings. The molecule has 13 nitrogen and oxygen atoms in total. The Labute approximate surface area is 266 Å². The molecular weight excluding hydrogens is 625 g/mol. The van der Waals surface area contributed by atoms with Crippen molar-refractivity contribution in [3.8, 4) is 0 Å². The number of aryl methyl sites for hydroxylation is 1. The fourth-order valence-corrected chi connectivity index (χ4v) is 7.98. The molecule has 4 heterocycles. The summed E-state index contributed by atoms with van der Waals surface area (Å²) < 4.78 is 67.3. The van der Waals surface area contributed by atoms with Crippen LogP contribution < -0.4 is 10.9 Å². The quantitative estimate of drug-likeness (QED) is 0.352. The van der Waals surface area contributed by atoms with Crippen LogP contribution in [0.15, 0.2) is 40.0 Å². The number of nitrogens with zero attached hydrogens (tertiary/aromatic N) is 2. The van der Waals surface area contributed by atoms with E-state index in [2.05, 4.69) is 5.32 Å². The number of sulfonamides is 1. The number of hydrogen-bond donors (Lipinski definition) is 1. The summed E-state index contributed by atoms with van der Waals surface area (Å²) in [6.45, 7) is 3.52. The lowest BCUT2D eigenvalue weighted by molar-refractivity contribution is -0.188. The monoisotopic (exact) mass is 663 g/mol. The first-order valence-electron chi connectivity index (χ1n) is 15.2. The Morgan fingerprint density at radius 2 is 1.85 bits per heavy atom. The zero-order valence-electron chi connectivity index (χ0n) is 26.0. The predicted octanol–water partition coefficient (Wildman–Crippen LogP) is 1.91. The van der Waals surface area contributed by atoms with Crippen LogP contribution in [-0.2, 0) is 67.8 Å². The number of esters is 2. The van der Waals surface area contributed by atoms with E-state index in [0.717, 1.165) is 9.87 Å². The minimum atomic E-state index is -4.16. The Hall–Kier alpha value is -3.66. The number of amides is 1. The molecule has 3 aliphatic rings. The van der Waals surface area contributed by atoms with Crippen molar-refractivity contribution in [2.75, 3.05) is 33.0 Å². The van der Waals surface area contributed by atoms with Crippen molar-refractivity contribution >= 4 is 27.9 Å². The minimum absolute atomic E-state index is 0.0106. The molecule has 0 bridgehead atoms. The zero-order valence-corrected chi connectivity index (χ0v) is 26.8. The number of pyridine rings is 1. The molecular formula is C31H38FN3O10S. The highest BCUT2D eigenvalue weighted by atomic mass is 32.2. The van der Waals surface area contributed by atoms with Crippen LogP contribution in [-0.4, -0.2) is 74.2 Å². The summed E-state index contributed by atoms with van der Waals surface area (Å²) in [5, 5.41) is 2.55. The molecule has 5 rings (SSSR count). The molecule has 2 saturated heterocycles. The maximum absolute atomic E-state index is 14.5. The van der Waals surface area contributed by atoms with Gasteiger partial charge in [0.15, 0.2) is 0 Å². The van der Waals surface area contributed by atoms with Gasteiger partial charge >= 0.3 is 11.9 Å². The van der Waals surface area contributed by atoms with Crippen LogP contribution in [0.3, 0.4) is 0 Å². The van der Waals surface area contributed by atoms with Crippen LogP contribution in [0.5, 0.6) is 0 Å². The van der Waals surface area contributed by atoms with E-state index in [1.165, 1.54) is 36.6 Å². The molecule has 1 aromatic carbocycles. The largest absolute Gasteiger partial charge is 0.463 e. The molecule has 1 amide bonds. The summed E-state index contributed by atoms with van der Waals surface area (Å²) in [5.41, 5.74) is -2.38. The molecule has 1 aromatic heterocycles. The first-order valence-corrected chi connectivity index (χ1v) is 16.7. The normalized spacial score (nSPS) is 20.3. The number of ether oxygens (including phenoxy) is 4. The third kappa shape index (κ3) is 5.96. The fraction of sp³-hybridized carbons (Fsp3) is 0.548. The molecule has 250 valence electrons. The average Bonchev–Trinajstić information content (AvgIpc) is 3.78. The van der Waals surface area contributed by atoms with Gasteiger partial charge in [-0.15, -0.1) is 0 Å². The zero-order chi connectivity index (χ0) is 33.3. The highest BCUT2D eigenvalue weighted by Crippen LogP contribution is 2.43. The average molecular weight is 664 g/mol. The number of hydrogen-bond acceptors (Lipinski definition) is 10. The Morgan fingerprint density at radius 1 is 1.15 bits per heavy atom. The van der Waals surface area contributed by atoms with E-state index in [0.29, 0.717) is 6.42 Å². The number of fused-ring (bicyclic) bond motifs is 2. The van der Waals surface area contributed by atoms with Gasteiger partial charge in [-0.25, -0.2) is 13.2 Å². The molecule has 2 fully saturated rings. The Morgan fingerprint density at radius 3 is 2.48 bits per heavy atom. The van der Waals surface area contributed by atoms with Crippen LogP contribution in [0.2, 0.25) is 0 Å². The second-order valence-corrected chi connectivity index (χ2v) is 13.4. The van der Waals surface area contributed by atoms with Gasteiger partial charge < -0.3 is 28.8 Å². The van der Waals surface area contributed by atoms with Gasteiger partial charge in [0.2, 0.25) is 27.3 Å².